The average Bonchev–Trinajstić information content (AvgIpc) is 3.49. The molecule has 3 atom stereocenters. The van der Waals surface area contributed by atoms with Gasteiger partial charge < -0.3 is 24.2 Å². The third kappa shape index (κ3) is 6.16. The van der Waals surface area contributed by atoms with Crippen LogP contribution in [0.2, 0.25) is 10.0 Å². The summed E-state index contributed by atoms with van der Waals surface area (Å²) in [6.07, 6.45) is 3.23. The van der Waals surface area contributed by atoms with Gasteiger partial charge in [0.2, 0.25) is 5.91 Å². The van der Waals surface area contributed by atoms with E-state index >= 15 is 0 Å². The Labute approximate surface area is 259 Å². The van der Waals surface area contributed by atoms with Crippen molar-refractivity contribution in [2.24, 2.45) is 11.8 Å². The van der Waals surface area contributed by atoms with Crippen LogP contribution in [0, 0.1) is 11.8 Å². The highest BCUT2D eigenvalue weighted by molar-refractivity contribution is 6.39. The molecule has 6 rings (SSSR count). The molecular formula is C32H33Cl2N3O6. The van der Waals surface area contributed by atoms with Crippen molar-refractivity contribution >= 4 is 46.7 Å². The van der Waals surface area contributed by atoms with E-state index in [9.17, 15) is 14.4 Å². The topological polar surface area (TPSA) is 111 Å². The largest absolute Gasteiger partial charge is 0.464 e. The summed E-state index contributed by atoms with van der Waals surface area (Å²) in [5.41, 5.74) is 3.18. The predicted molar refractivity (Wildman–Crippen MR) is 161 cm³/mol. The summed E-state index contributed by atoms with van der Waals surface area (Å²) in [6, 6.07) is 12.2. The molecule has 2 bridgehead atoms. The number of hydrogen-bond donors (Lipinski definition) is 1. The molecule has 226 valence electrons. The van der Waals surface area contributed by atoms with Gasteiger partial charge in [0.25, 0.3) is 5.91 Å². The van der Waals surface area contributed by atoms with Gasteiger partial charge in [-0.25, -0.2) is 0 Å². The number of rotatable bonds is 11. The maximum atomic E-state index is 13.5. The van der Waals surface area contributed by atoms with E-state index in [1.165, 1.54) is 0 Å². The molecule has 43 heavy (non-hydrogen) atoms. The molecule has 9 nitrogen and oxygen atoms in total. The Hall–Kier alpha value is -3.40. The summed E-state index contributed by atoms with van der Waals surface area (Å²) in [4.78, 5) is 39.6. The number of fused-ring (bicyclic) bond motifs is 2. The monoisotopic (exact) mass is 625 g/mol. The number of nitrogens with one attached hydrogen (secondary N) is 1. The Balaban J connectivity index is 1.08. The third-order valence-corrected chi connectivity index (χ3v) is 8.82. The van der Waals surface area contributed by atoms with E-state index < -0.39 is 5.97 Å². The fraction of sp³-hybridized carbons (Fsp3) is 0.438. The number of nitrogens with zero attached hydrogens (tertiary/aromatic N) is 2. The van der Waals surface area contributed by atoms with Crippen molar-refractivity contribution in [1.82, 2.24) is 10.5 Å². The molecule has 1 aliphatic heterocycles. The Morgan fingerprint density at radius 2 is 1.81 bits per heavy atom. The molecule has 0 spiro atoms. The van der Waals surface area contributed by atoms with E-state index in [0.717, 1.165) is 29.9 Å². The fourth-order valence-electron chi connectivity index (χ4n) is 5.90. The van der Waals surface area contributed by atoms with Crippen LogP contribution in [0.4, 0.5) is 5.69 Å². The molecule has 1 N–H and O–H groups in total. The van der Waals surface area contributed by atoms with Crippen molar-refractivity contribution in [3.63, 3.8) is 0 Å². The zero-order valence-electron chi connectivity index (χ0n) is 24.0. The average molecular weight is 627 g/mol. The third-order valence-electron chi connectivity index (χ3n) is 8.19. The number of carbonyl (C=O) groups excluding carboxylic acids is 3. The summed E-state index contributed by atoms with van der Waals surface area (Å²) >= 11 is 13.0. The number of piperidine rings is 1. The van der Waals surface area contributed by atoms with Crippen LogP contribution in [0.15, 0.2) is 47.0 Å². The van der Waals surface area contributed by atoms with Gasteiger partial charge in [-0.3, -0.25) is 14.4 Å². The van der Waals surface area contributed by atoms with Crippen molar-refractivity contribution in [2.75, 3.05) is 18.1 Å². The molecule has 2 saturated carbocycles. The van der Waals surface area contributed by atoms with Crippen molar-refractivity contribution in [1.29, 1.82) is 0 Å². The number of amides is 2. The highest BCUT2D eigenvalue weighted by Crippen LogP contribution is 2.47. The van der Waals surface area contributed by atoms with Crippen molar-refractivity contribution in [2.45, 2.75) is 64.2 Å². The number of hydrogen-bond acceptors (Lipinski definition) is 7. The number of halogens is 2. The van der Waals surface area contributed by atoms with Crippen LogP contribution in [0.3, 0.4) is 0 Å². The molecule has 1 saturated heterocycles. The van der Waals surface area contributed by atoms with E-state index in [1.54, 1.807) is 47.4 Å². The number of ether oxygens (including phenoxy) is 2. The number of anilines is 1. The summed E-state index contributed by atoms with van der Waals surface area (Å²) < 4.78 is 17.2. The van der Waals surface area contributed by atoms with Crippen LogP contribution >= 0.6 is 23.2 Å². The number of carbonyl (C=O) groups is 3. The molecule has 3 fully saturated rings. The standard InChI is InChI=1S/C32H33Cl2N3O6/c1-17(2)15-42-27(38)14-35-31(39)19-8-10-20(11-9-19)37-21-12-22(32(37)40)26(13-21)41-16-23-29(36-43-30(23)18-6-7-18)28-24(33)4-3-5-25(28)34/h3-5,8-11,17-18,21-22,26H,6-7,12-16H2,1-2H3,(H,35,39)/t21-,22+,26+/m0/s1. The molecule has 0 unspecified atom stereocenters. The lowest BCUT2D eigenvalue weighted by molar-refractivity contribution is -0.143. The van der Waals surface area contributed by atoms with Gasteiger partial charge in [-0.2, -0.15) is 0 Å². The smallest absolute Gasteiger partial charge is 0.325 e. The van der Waals surface area contributed by atoms with Crippen LogP contribution < -0.4 is 10.2 Å². The maximum Gasteiger partial charge on any atom is 0.325 e. The molecular weight excluding hydrogens is 593 g/mol. The van der Waals surface area contributed by atoms with E-state index in [1.807, 2.05) is 13.8 Å². The minimum atomic E-state index is -0.481. The molecule has 2 heterocycles. The normalized spacial score (nSPS) is 21.1. The molecule has 3 aliphatic rings. The van der Waals surface area contributed by atoms with E-state index in [4.69, 9.17) is 37.2 Å². The lowest BCUT2D eigenvalue weighted by Gasteiger charge is -2.31. The van der Waals surface area contributed by atoms with Crippen LogP contribution in [0.1, 0.15) is 67.1 Å². The zero-order valence-corrected chi connectivity index (χ0v) is 25.5. The van der Waals surface area contributed by atoms with Gasteiger partial charge in [-0.15, -0.1) is 0 Å². The van der Waals surface area contributed by atoms with Gasteiger partial charge in [0, 0.05) is 34.3 Å². The van der Waals surface area contributed by atoms with E-state index in [0.29, 0.717) is 52.2 Å². The first kappa shape index (κ1) is 29.7. The molecule has 2 amide bonds. The number of benzene rings is 2. The van der Waals surface area contributed by atoms with Crippen LogP contribution in [-0.4, -0.2) is 48.2 Å². The van der Waals surface area contributed by atoms with Crippen molar-refractivity contribution in [3.8, 4) is 11.3 Å². The Bertz CT molecular complexity index is 1510. The Morgan fingerprint density at radius 1 is 1.09 bits per heavy atom. The number of esters is 1. The fourth-order valence-corrected chi connectivity index (χ4v) is 6.48. The lowest BCUT2D eigenvalue weighted by Crippen LogP contribution is -2.43. The molecule has 2 aliphatic carbocycles. The van der Waals surface area contributed by atoms with Crippen LogP contribution in [0.5, 0.6) is 0 Å². The Morgan fingerprint density at radius 3 is 2.47 bits per heavy atom. The second-order valence-corrected chi connectivity index (χ2v) is 12.7. The minimum Gasteiger partial charge on any atom is -0.464 e. The van der Waals surface area contributed by atoms with Gasteiger partial charge >= 0.3 is 5.97 Å². The summed E-state index contributed by atoms with van der Waals surface area (Å²) in [5, 5.41) is 7.89. The first-order chi connectivity index (χ1) is 20.7. The second-order valence-electron chi connectivity index (χ2n) is 11.8. The summed E-state index contributed by atoms with van der Waals surface area (Å²) in [5.74, 6) is 0.215. The molecule has 1 aromatic heterocycles. The summed E-state index contributed by atoms with van der Waals surface area (Å²) in [7, 11) is 0. The number of aromatic nitrogens is 1. The minimum absolute atomic E-state index is 0.000707. The molecule has 11 heteroatoms. The predicted octanol–water partition coefficient (Wildman–Crippen LogP) is 6.17. The zero-order chi connectivity index (χ0) is 30.2. The van der Waals surface area contributed by atoms with Gasteiger partial charge in [0.05, 0.1) is 35.3 Å². The maximum absolute atomic E-state index is 13.5. The first-order valence-corrected chi connectivity index (χ1v) is 15.4. The van der Waals surface area contributed by atoms with Crippen LogP contribution in [-0.2, 0) is 25.7 Å². The highest BCUT2D eigenvalue weighted by Gasteiger charge is 2.52. The van der Waals surface area contributed by atoms with Gasteiger partial charge in [-0.05, 0) is 68.0 Å². The van der Waals surface area contributed by atoms with Gasteiger partial charge in [-0.1, -0.05) is 48.3 Å². The summed E-state index contributed by atoms with van der Waals surface area (Å²) in [6.45, 7) is 4.24. The lowest BCUT2D eigenvalue weighted by atomic mass is 10.0. The second kappa shape index (κ2) is 12.3. The van der Waals surface area contributed by atoms with Crippen molar-refractivity contribution < 1.29 is 28.4 Å². The van der Waals surface area contributed by atoms with Gasteiger partial charge in [0.1, 0.15) is 18.0 Å². The molecule has 3 aromatic rings. The van der Waals surface area contributed by atoms with Crippen molar-refractivity contribution in [3.05, 3.63) is 69.4 Å². The van der Waals surface area contributed by atoms with Gasteiger partial charge in [0.15, 0.2) is 0 Å². The van der Waals surface area contributed by atoms with Crippen LogP contribution in [0.25, 0.3) is 11.3 Å². The first-order valence-electron chi connectivity index (χ1n) is 14.6. The molecule has 2 aromatic carbocycles. The van der Waals surface area contributed by atoms with E-state index in [-0.39, 0.29) is 48.9 Å². The Kier molecular flexibility index (Phi) is 8.49. The highest BCUT2D eigenvalue weighted by atomic mass is 35.5. The SMILES string of the molecule is CC(C)COC(=O)CNC(=O)c1ccc(N2C(=O)[C@@H]3C[C@H]2C[C@H]3OCc2c(-c3c(Cl)cccc3Cl)noc2C2CC2)cc1. The van der Waals surface area contributed by atoms with E-state index in [2.05, 4.69) is 10.5 Å². The molecule has 0 radical (unpaired) electrons. The quantitative estimate of drug-likeness (QED) is 0.254.